The quantitative estimate of drug-likeness (QED) is 0.825. The number of hydrogen-bond donors (Lipinski definition) is 1. The Kier molecular flexibility index (Phi) is 4.18. The van der Waals surface area contributed by atoms with Crippen molar-refractivity contribution in [2.75, 3.05) is 0 Å². The first-order valence-corrected chi connectivity index (χ1v) is 5.95. The topological polar surface area (TPSA) is 26.0 Å². The smallest absolute Gasteiger partial charge is 0.0456 e. The summed E-state index contributed by atoms with van der Waals surface area (Å²) in [5.41, 5.74) is 7.14. The predicted octanol–water partition coefficient (Wildman–Crippen LogP) is 3.95. The van der Waals surface area contributed by atoms with E-state index in [1.54, 1.807) is 0 Å². The number of hydrogen-bond acceptors (Lipinski definition) is 1. The first-order valence-electron chi connectivity index (χ1n) is 5.57. The maximum Gasteiger partial charge on any atom is 0.0456 e. The molecule has 1 atom stereocenters. The summed E-state index contributed by atoms with van der Waals surface area (Å²) in [6, 6.07) is 7.87. The van der Waals surface area contributed by atoms with Crippen LogP contribution in [0.2, 0.25) is 5.02 Å². The largest absolute Gasteiger partial charge is 0.321 e. The summed E-state index contributed by atoms with van der Waals surface area (Å²) in [5.74, 6) is 0.470. The molecule has 1 nitrogen and oxygen atoms in total. The van der Waals surface area contributed by atoms with Gasteiger partial charge in [-0.3, -0.25) is 0 Å². The predicted molar refractivity (Wildman–Crippen MR) is 67.1 cm³/mol. The Labute approximate surface area is 97.6 Å². The van der Waals surface area contributed by atoms with Crippen molar-refractivity contribution in [3.8, 4) is 0 Å². The Morgan fingerprint density at radius 1 is 1.27 bits per heavy atom. The van der Waals surface area contributed by atoms with Gasteiger partial charge in [0.15, 0.2) is 0 Å². The monoisotopic (exact) mass is 225 g/mol. The van der Waals surface area contributed by atoms with Crippen molar-refractivity contribution in [1.82, 2.24) is 0 Å². The van der Waals surface area contributed by atoms with E-state index in [-0.39, 0.29) is 5.54 Å². The maximum absolute atomic E-state index is 6.42. The van der Waals surface area contributed by atoms with Crippen LogP contribution in [-0.4, -0.2) is 0 Å². The molecule has 15 heavy (non-hydrogen) atoms. The molecule has 0 heterocycles. The number of rotatable bonds is 4. The van der Waals surface area contributed by atoms with Gasteiger partial charge in [0.1, 0.15) is 0 Å². The van der Waals surface area contributed by atoms with Gasteiger partial charge in [0.2, 0.25) is 0 Å². The summed E-state index contributed by atoms with van der Waals surface area (Å²) in [6.45, 7) is 6.43. The molecule has 0 saturated heterocycles. The SMILES string of the molecule is CCC(CC)C(C)(N)c1ccccc1Cl. The third-order valence-corrected chi connectivity index (χ3v) is 3.62. The Morgan fingerprint density at radius 2 is 1.80 bits per heavy atom. The van der Waals surface area contributed by atoms with E-state index in [0.717, 1.165) is 23.4 Å². The van der Waals surface area contributed by atoms with Gasteiger partial charge in [0.25, 0.3) is 0 Å². The van der Waals surface area contributed by atoms with Crippen molar-refractivity contribution in [2.24, 2.45) is 11.7 Å². The number of nitrogens with two attached hydrogens (primary N) is 1. The highest BCUT2D eigenvalue weighted by molar-refractivity contribution is 6.31. The van der Waals surface area contributed by atoms with E-state index in [0.29, 0.717) is 5.92 Å². The molecule has 0 aliphatic rings. The highest BCUT2D eigenvalue weighted by Gasteiger charge is 2.30. The van der Waals surface area contributed by atoms with Gasteiger partial charge < -0.3 is 5.73 Å². The van der Waals surface area contributed by atoms with E-state index >= 15 is 0 Å². The molecule has 0 saturated carbocycles. The van der Waals surface area contributed by atoms with E-state index < -0.39 is 0 Å². The van der Waals surface area contributed by atoms with Crippen molar-refractivity contribution in [3.05, 3.63) is 34.9 Å². The molecule has 1 aromatic rings. The molecule has 1 rings (SSSR count). The first-order chi connectivity index (χ1) is 7.04. The van der Waals surface area contributed by atoms with Crippen molar-refractivity contribution >= 4 is 11.6 Å². The fourth-order valence-corrected chi connectivity index (χ4v) is 2.59. The highest BCUT2D eigenvalue weighted by atomic mass is 35.5. The molecule has 0 aliphatic carbocycles. The fraction of sp³-hybridized carbons (Fsp3) is 0.538. The molecule has 1 aromatic carbocycles. The molecular weight excluding hydrogens is 206 g/mol. The summed E-state index contributed by atoms with van der Waals surface area (Å²) in [7, 11) is 0. The van der Waals surface area contributed by atoms with Crippen LogP contribution in [-0.2, 0) is 5.54 Å². The van der Waals surface area contributed by atoms with Gasteiger partial charge in [-0.25, -0.2) is 0 Å². The van der Waals surface area contributed by atoms with Crippen LogP contribution >= 0.6 is 11.6 Å². The second-order valence-corrected chi connectivity index (χ2v) is 4.68. The van der Waals surface area contributed by atoms with E-state index in [2.05, 4.69) is 20.8 Å². The van der Waals surface area contributed by atoms with Gasteiger partial charge >= 0.3 is 0 Å². The van der Waals surface area contributed by atoms with Gasteiger partial charge in [-0.05, 0) is 24.5 Å². The van der Waals surface area contributed by atoms with Gasteiger partial charge in [-0.15, -0.1) is 0 Å². The van der Waals surface area contributed by atoms with Gasteiger partial charge in [0, 0.05) is 10.6 Å². The van der Waals surface area contributed by atoms with Crippen LogP contribution in [0.1, 0.15) is 39.2 Å². The Bertz CT molecular complexity index is 316. The molecular formula is C13H20ClN. The highest BCUT2D eigenvalue weighted by Crippen LogP contribution is 2.35. The van der Waals surface area contributed by atoms with Gasteiger partial charge in [-0.1, -0.05) is 56.5 Å². The van der Waals surface area contributed by atoms with E-state index in [1.165, 1.54) is 0 Å². The second kappa shape index (κ2) is 5.00. The lowest BCUT2D eigenvalue weighted by molar-refractivity contribution is 0.282. The normalized spacial score (nSPS) is 15.3. The Hall–Kier alpha value is -0.530. The molecule has 0 bridgehead atoms. The summed E-state index contributed by atoms with van der Waals surface area (Å²) >= 11 is 6.19. The van der Waals surface area contributed by atoms with Crippen molar-refractivity contribution in [1.29, 1.82) is 0 Å². The lowest BCUT2D eigenvalue weighted by Crippen LogP contribution is -2.41. The Balaban J connectivity index is 3.09. The zero-order valence-corrected chi connectivity index (χ0v) is 10.5. The average molecular weight is 226 g/mol. The van der Waals surface area contributed by atoms with Crippen LogP contribution < -0.4 is 5.73 Å². The van der Waals surface area contributed by atoms with Crippen LogP contribution in [0.5, 0.6) is 0 Å². The third-order valence-electron chi connectivity index (χ3n) is 3.29. The summed E-state index contributed by atoms with van der Waals surface area (Å²) in [5, 5.41) is 0.773. The summed E-state index contributed by atoms with van der Waals surface area (Å²) in [4.78, 5) is 0. The molecule has 2 N–H and O–H groups in total. The number of halogens is 1. The maximum atomic E-state index is 6.42. The summed E-state index contributed by atoms with van der Waals surface area (Å²) < 4.78 is 0. The van der Waals surface area contributed by atoms with Crippen molar-refractivity contribution in [3.63, 3.8) is 0 Å². The lowest BCUT2D eigenvalue weighted by Gasteiger charge is -2.34. The van der Waals surface area contributed by atoms with Crippen LogP contribution in [0.4, 0.5) is 0 Å². The van der Waals surface area contributed by atoms with Crippen LogP contribution in [0.3, 0.4) is 0 Å². The van der Waals surface area contributed by atoms with E-state index in [9.17, 15) is 0 Å². The molecule has 0 fully saturated rings. The van der Waals surface area contributed by atoms with Gasteiger partial charge in [0.05, 0.1) is 0 Å². The van der Waals surface area contributed by atoms with Crippen LogP contribution in [0.15, 0.2) is 24.3 Å². The zero-order chi connectivity index (χ0) is 11.5. The molecule has 0 radical (unpaired) electrons. The van der Waals surface area contributed by atoms with Gasteiger partial charge in [-0.2, -0.15) is 0 Å². The van der Waals surface area contributed by atoms with E-state index in [4.69, 9.17) is 17.3 Å². The molecule has 0 aliphatic heterocycles. The molecule has 0 amide bonds. The molecule has 2 heteroatoms. The minimum absolute atomic E-state index is 0.332. The van der Waals surface area contributed by atoms with Crippen LogP contribution in [0.25, 0.3) is 0 Å². The lowest BCUT2D eigenvalue weighted by atomic mass is 9.77. The molecule has 1 unspecified atom stereocenters. The number of benzene rings is 1. The zero-order valence-electron chi connectivity index (χ0n) is 9.76. The minimum atomic E-state index is -0.332. The Morgan fingerprint density at radius 3 is 2.27 bits per heavy atom. The molecule has 0 spiro atoms. The van der Waals surface area contributed by atoms with Crippen molar-refractivity contribution in [2.45, 2.75) is 39.2 Å². The average Bonchev–Trinajstić information content (AvgIpc) is 2.19. The first kappa shape index (κ1) is 12.5. The minimum Gasteiger partial charge on any atom is -0.321 e. The second-order valence-electron chi connectivity index (χ2n) is 4.28. The van der Waals surface area contributed by atoms with Crippen molar-refractivity contribution < 1.29 is 0 Å². The molecule has 84 valence electrons. The van der Waals surface area contributed by atoms with E-state index in [1.807, 2.05) is 24.3 Å². The standard InChI is InChI=1S/C13H20ClN/c1-4-10(5-2)13(3,15)11-8-6-7-9-12(11)14/h6-10H,4-5,15H2,1-3H3. The summed E-state index contributed by atoms with van der Waals surface area (Å²) in [6.07, 6.45) is 2.16. The third kappa shape index (κ3) is 2.53. The van der Waals surface area contributed by atoms with Crippen LogP contribution in [0, 0.1) is 5.92 Å². The molecule has 0 aromatic heterocycles. The fourth-order valence-electron chi connectivity index (χ4n) is 2.25.